The first-order valence-electron chi connectivity index (χ1n) is 7.99. The highest BCUT2D eigenvalue weighted by atomic mass is 16.3. The summed E-state index contributed by atoms with van der Waals surface area (Å²) >= 11 is 0. The Kier molecular flexibility index (Phi) is 1.61. The molecule has 3 aromatic carbocycles. The number of hydrogen-bond acceptors (Lipinski definition) is 3. The van der Waals surface area contributed by atoms with Crippen molar-refractivity contribution >= 4 is 54.6 Å². The predicted octanol–water partition coefficient (Wildman–Crippen LogP) is 6.01. The molecule has 3 nitrogen and oxygen atoms in total. The zero-order valence-electron chi connectivity index (χ0n) is 12.5. The molecule has 0 saturated carbocycles. The summed E-state index contributed by atoms with van der Waals surface area (Å²) in [4.78, 5) is 4.72. The molecule has 0 fully saturated rings. The quantitative estimate of drug-likeness (QED) is 0.344. The van der Waals surface area contributed by atoms with Gasteiger partial charge in [-0.05, 0) is 29.7 Å². The van der Waals surface area contributed by atoms with Gasteiger partial charge in [0, 0.05) is 33.3 Å². The van der Waals surface area contributed by atoms with E-state index in [9.17, 15) is 0 Å². The average molecular weight is 307 g/mol. The van der Waals surface area contributed by atoms with Crippen LogP contribution < -0.4 is 0 Å². The molecular weight excluding hydrogens is 298 g/mol. The zero-order chi connectivity index (χ0) is 15.4. The summed E-state index contributed by atoms with van der Waals surface area (Å²) in [7, 11) is 0. The van der Waals surface area contributed by atoms with Crippen LogP contribution in [0, 0.1) is 0 Å². The molecule has 0 saturated heterocycles. The summed E-state index contributed by atoms with van der Waals surface area (Å²) in [6.07, 6.45) is 1.83. The molecule has 0 bridgehead atoms. The van der Waals surface area contributed by atoms with Gasteiger partial charge in [-0.25, -0.2) is 0 Å². The largest absolute Gasteiger partial charge is 0.456 e. The van der Waals surface area contributed by atoms with E-state index >= 15 is 0 Å². The second-order valence-corrected chi connectivity index (χ2v) is 6.39. The van der Waals surface area contributed by atoms with Crippen LogP contribution in [-0.2, 0) is 0 Å². The van der Waals surface area contributed by atoms with E-state index in [2.05, 4.69) is 30.3 Å². The van der Waals surface area contributed by atoms with Gasteiger partial charge in [0.1, 0.15) is 22.3 Å². The highest BCUT2D eigenvalue weighted by molar-refractivity contribution is 6.36. The van der Waals surface area contributed by atoms with Gasteiger partial charge in [-0.3, -0.25) is 4.98 Å². The lowest BCUT2D eigenvalue weighted by Gasteiger charge is -2.07. The van der Waals surface area contributed by atoms with Crippen molar-refractivity contribution in [2.24, 2.45) is 0 Å². The number of benzene rings is 3. The first-order valence-corrected chi connectivity index (χ1v) is 7.99. The molecule has 110 valence electrons. The van der Waals surface area contributed by atoms with Crippen molar-refractivity contribution in [2.45, 2.75) is 0 Å². The van der Waals surface area contributed by atoms with Crippen LogP contribution in [0.15, 0.2) is 63.6 Å². The molecule has 0 spiro atoms. The maximum atomic E-state index is 6.15. The Hall–Kier alpha value is -3.33. The molecule has 0 aliphatic heterocycles. The van der Waals surface area contributed by atoms with E-state index in [0.717, 1.165) is 49.7 Å². The van der Waals surface area contributed by atoms with E-state index < -0.39 is 0 Å². The van der Waals surface area contributed by atoms with Crippen LogP contribution in [0.2, 0.25) is 0 Å². The highest BCUT2D eigenvalue weighted by Gasteiger charge is 2.25. The molecule has 0 radical (unpaired) electrons. The molecule has 3 heterocycles. The van der Waals surface area contributed by atoms with Gasteiger partial charge in [0.15, 0.2) is 0 Å². The molecule has 0 amide bonds. The minimum absolute atomic E-state index is 0.877. The normalized spacial score (nSPS) is 13.0. The molecule has 7 rings (SSSR count). The Balaban J connectivity index is 2.06. The molecule has 3 aromatic heterocycles. The van der Waals surface area contributed by atoms with Gasteiger partial charge in [-0.15, -0.1) is 0 Å². The zero-order valence-corrected chi connectivity index (χ0v) is 12.5. The molecule has 24 heavy (non-hydrogen) atoms. The second kappa shape index (κ2) is 3.44. The van der Waals surface area contributed by atoms with Crippen LogP contribution in [0.25, 0.3) is 65.9 Å². The summed E-state index contributed by atoms with van der Waals surface area (Å²) in [5.74, 6) is 0. The monoisotopic (exact) mass is 307 g/mol. The number of pyridine rings is 1. The molecule has 1 aliphatic rings. The summed E-state index contributed by atoms with van der Waals surface area (Å²) in [5.41, 5.74) is 5.72. The van der Waals surface area contributed by atoms with Gasteiger partial charge < -0.3 is 8.83 Å². The van der Waals surface area contributed by atoms with Gasteiger partial charge >= 0.3 is 0 Å². The van der Waals surface area contributed by atoms with E-state index in [-0.39, 0.29) is 0 Å². The third-order valence-corrected chi connectivity index (χ3v) is 5.24. The number of rotatable bonds is 0. The SMILES string of the molecule is c1cc2c3c(c1)ccc1oc4ccc5oc6ccnc-2c6c5c4c13. The summed E-state index contributed by atoms with van der Waals surface area (Å²) < 4.78 is 12.3. The fourth-order valence-corrected chi connectivity index (χ4v) is 4.33. The maximum Gasteiger partial charge on any atom is 0.139 e. The lowest BCUT2D eigenvalue weighted by atomic mass is 9.98. The van der Waals surface area contributed by atoms with Crippen LogP contribution >= 0.6 is 0 Å². The number of nitrogens with zero attached hydrogens (tertiary/aromatic N) is 1. The smallest absolute Gasteiger partial charge is 0.139 e. The molecule has 1 aliphatic carbocycles. The number of aromatic nitrogens is 1. The molecule has 3 heteroatoms. The van der Waals surface area contributed by atoms with Crippen molar-refractivity contribution in [3.8, 4) is 11.3 Å². The van der Waals surface area contributed by atoms with Crippen molar-refractivity contribution < 1.29 is 8.83 Å². The first kappa shape index (κ1) is 11.2. The van der Waals surface area contributed by atoms with Crippen molar-refractivity contribution in [1.29, 1.82) is 0 Å². The van der Waals surface area contributed by atoms with E-state index in [1.807, 2.05) is 24.4 Å². The van der Waals surface area contributed by atoms with Crippen LogP contribution in [0.4, 0.5) is 0 Å². The van der Waals surface area contributed by atoms with E-state index in [1.165, 1.54) is 16.2 Å². The number of fused-ring (bicyclic) bond motifs is 1. The van der Waals surface area contributed by atoms with Gasteiger partial charge in [-0.1, -0.05) is 24.3 Å². The minimum atomic E-state index is 0.877. The Bertz CT molecular complexity index is 1500. The molecule has 0 unspecified atom stereocenters. The van der Waals surface area contributed by atoms with Crippen molar-refractivity contribution in [1.82, 2.24) is 4.98 Å². The number of hydrogen-bond donors (Lipinski definition) is 0. The van der Waals surface area contributed by atoms with Gasteiger partial charge in [-0.2, -0.15) is 0 Å². The van der Waals surface area contributed by atoms with Gasteiger partial charge in [0.05, 0.1) is 11.1 Å². The predicted molar refractivity (Wildman–Crippen MR) is 95.3 cm³/mol. The summed E-state index contributed by atoms with van der Waals surface area (Å²) in [6, 6.07) is 16.5. The standard InChI is InChI=1S/C21H9NO2/c1-2-10-4-5-12-17-16(10)11(3-1)21-20-15(8-9-22-21)24-14-7-6-13(23-12)18(17)19(14)20/h1-9H. The average Bonchev–Trinajstić information content (AvgIpc) is 3.14. The van der Waals surface area contributed by atoms with E-state index in [0.29, 0.717) is 0 Å². The second-order valence-electron chi connectivity index (χ2n) is 6.39. The Morgan fingerprint density at radius 3 is 2.08 bits per heavy atom. The fourth-order valence-electron chi connectivity index (χ4n) is 4.33. The summed E-state index contributed by atoms with van der Waals surface area (Å²) in [6.45, 7) is 0. The van der Waals surface area contributed by atoms with E-state index in [1.54, 1.807) is 0 Å². The van der Waals surface area contributed by atoms with Gasteiger partial charge in [0.2, 0.25) is 0 Å². The molecule has 6 aromatic rings. The molecule has 0 atom stereocenters. The summed E-state index contributed by atoms with van der Waals surface area (Å²) in [5, 5.41) is 6.95. The van der Waals surface area contributed by atoms with Crippen molar-refractivity contribution in [2.75, 3.05) is 0 Å². The van der Waals surface area contributed by atoms with Crippen LogP contribution in [0.1, 0.15) is 0 Å². The first-order chi connectivity index (χ1) is 11.9. The van der Waals surface area contributed by atoms with Crippen LogP contribution in [0.3, 0.4) is 0 Å². The minimum Gasteiger partial charge on any atom is -0.456 e. The lowest BCUT2D eigenvalue weighted by Crippen LogP contribution is -1.85. The number of furan rings is 2. The maximum absolute atomic E-state index is 6.15. The Labute approximate surface area is 135 Å². The highest BCUT2D eigenvalue weighted by Crippen LogP contribution is 2.49. The Morgan fingerprint density at radius 2 is 1.25 bits per heavy atom. The fraction of sp³-hybridized carbons (Fsp3) is 0. The Morgan fingerprint density at radius 1 is 0.583 bits per heavy atom. The van der Waals surface area contributed by atoms with Crippen molar-refractivity contribution in [3.05, 3.63) is 54.7 Å². The molecule has 0 N–H and O–H groups in total. The van der Waals surface area contributed by atoms with Crippen LogP contribution in [0.5, 0.6) is 0 Å². The van der Waals surface area contributed by atoms with E-state index in [4.69, 9.17) is 13.8 Å². The van der Waals surface area contributed by atoms with Gasteiger partial charge in [0.25, 0.3) is 0 Å². The van der Waals surface area contributed by atoms with Crippen molar-refractivity contribution in [3.63, 3.8) is 0 Å². The third-order valence-electron chi connectivity index (χ3n) is 5.24. The topological polar surface area (TPSA) is 39.2 Å². The molecular formula is C21H9NO2. The lowest BCUT2D eigenvalue weighted by molar-refractivity contribution is 0.663. The third kappa shape index (κ3) is 1.05. The van der Waals surface area contributed by atoms with Crippen LogP contribution in [-0.4, -0.2) is 4.98 Å².